The van der Waals surface area contributed by atoms with Crippen LogP contribution in [-0.2, 0) is 16.1 Å². The number of benzene rings is 2. The highest BCUT2D eigenvalue weighted by Crippen LogP contribution is 2.30. The number of hydrogen-bond donors (Lipinski definition) is 1. The van der Waals surface area contributed by atoms with Crippen LogP contribution in [0.3, 0.4) is 0 Å². The highest BCUT2D eigenvalue weighted by Gasteiger charge is 2.29. The number of amides is 2. The van der Waals surface area contributed by atoms with Crippen molar-refractivity contribution in [3.05, 3.63) is 42.5 Å². The van der Waals surface area contributed by atoms with Crippen LogP contribution in [0.25, 0.3) is 11.0 Å². The van der Waals surface area contributed by atoms with Crippen molar-refractivity contribution in [2.75, 3.05) is 25.3 Å². The molecule has 2 amide bonds. The van der Waals surface area contributed by atoms with Crippen molar-refractivity contribution in [1.82, 2.24) is 14.5 Å². The average Bonchev–Trinajstić information content (AvgIpc) is 3.20. The molecule has 0 radical (unpaired) electrons. The molecule has 186 valence electrons. The summed E-state index contributed by atoms with van der Waals surface area (Å²) in [4.78, 5) is 32.8. The molecule has 4 rings (SSSR count). The molecule has 2 unspecified atom stereocenters. The lowest BCUT2D eigenvalue weighted by molar-refractivity contribution is -0.138. The Morgan fingerprint density at radius 2 is 1.83 bits per heavy atom. The second kappa shape index (κ2) is 11.0. The number of para-hydroxylation sites is 2. The smallest absolute Gasteiger partial charge is 0.243 e. The Bertz CT molecular complexity index is 1200. The van der Waals surface area contributed by atoms with Gasteiger partial charge in [0.2, 0.25) is 11.8 Å². The number of rotatable bonds is 8. The number of nitrogens with zero attached hydrogens (tertiary/aromatic N) is 3. The predicted octanol–water partition coefficient (Wildman–Crippen LogP) is 4.57. The zero-order valence-electron chi connectivity index (χ0n) is 20.6. The van der Waals surface area contributed by atoms with Gasteiger partial charge in [0.15, 0.2) is 5.16 Å². The summed E-state index contributed by atoms with van der Waals surface area (Å²) in [5, 5.41) is 3.53. The van der Waals surface area contributed by atoms with Crippen molar-refractivity contribution in [3.8, 4) is 11.5 Å². The Morgan fingerprint density at radius 1 is 1.09 bits per heavy atom. The van der Waals surface area contributed by atoms with Crippen LogP contribution in [-0.4, -0.2) is 58.3 Å². The maximum Gasteiger partial charge on any atom is 0.243 e. The Labute approximate surface area is 210 Å². The fourth-order valence-corrected chi connectivity index (χ4v) is 5.48. The standard InChI is InChI=1S/C26H32N4O4S/c1-17-8-7-9-18(2)30(17)25(32)15-29-22-11-6-5-10-20(22)28-26(29)35-16-24(31)27-21-13-12-19(33-3)14-23(21)34-4/h5-6,10-14,17-18H,7-9,15-16H2,1-4H3,(H,27,31). The van der Waals surface area contributed by atoms with Gasteiger partial charge >= 0.3 is 0 Å². The van der Waals surface area contributed by atoms with Gasteiger partial charge in [-0.1, -0.05) is 23.9 Å². The Kier molecular flexibility index (Phi) is 7.85. The molecule has 0 aliphatic carbocycles. The summed E-state index contributed by atoms with van der Waals surface area (Å²) in [6.45, 7) is 4.44. The van der Waals surface area contributed by atoms with Crippen LogP contribution < -0.4 is 14.8 Å². The SMILES string of the molecule is COc1ccc(NC(=O)CSc2nc3ccccc3n2CC(=O)N2C(C)CCCC2C)c(OC)c1. The molecule has 1 saturated heterocycles. The number of nitrogens with one attached hydrogen (secondary N) is 1. The van der Waals surface area contributed by atoms with Crippen LogP contribution >= 0.6 is 11.8 Å². The third-order valence-electron chi connectivity index (χ3n) is 6.41. The third kappa shape index (κ3) is 5.56. The number of imidazole rings is 1. The van der Waals surface area contributed by atoms with Crippen LogP contribution in [0.1, 0.15) is 33.1 Å². The zero-order chi connectivity index (χ0) is 24.9. The molecule has 3 aromatic rings. The summed E-state index contributed by atoms with van der Waals surface area (Å²) in [6.07, 6.45) is 3.20. The number of anilines is 1. The Hall–Kier alpha value is -3.20. The summed E-state index contributed by atoms with van der Waals surface area (Å²) >= 11 is 1.32. The lowest BCUT2D eigenvalue weighted by Crippen LogP contribution is -2.48. The molecule has 2 heterocycles. The molecule has 9 heteroatoms. The number of thioether (sulfide) groups is 1. The molecule has 1 aliphatic rings. The second-order valence-corrected chi connectivity index (χ2v) is 9.74. The second-order valence-electron chi connectivity index (χ2n) is 8.80. The van der Waals surface area contributed by atoms with Gasteiger partial charge in [-0.15, -0.1) is 0 Å². The first kappa shape index (κ1) is 24.9. The average molecular weight is 497 g/mol. The molecular weight excluding hydrogens is 464 g/mol. The minimum atomic E-state index is -0.193. The first-order chi connectivity index (χ1) is 16.9. The zero-order valence-corrected chi connectivity index (χ0v) is 21.4. The van der Waals surface area contributed by atoms with Gasteiger partial charge in [0, 0.05) is 18.2 Å². The number of fused-ring (bicyclic) bond motifs is 1. The number of piperidine rings is 1. The van der Waals surface area contributed by atoms with E-state index in [1.807, 2.05) is 33.7 Å². The molecular formula is C26H32N4O4S. The summed E-state index contributed by atoms with van der Waals surface area (Å²) in [6, 6.07) is 13.4. The molecule has 0 saturated carbocycles. The van der Waals surface area contributed by atoms with Crippen molar-refractivity contribution >= 4 is 40.3 Å². The molecule has 0 bridgehead atoms. The van der Waals surface area contributed by atoms with Gasteiger partial charge in [0.1, 0.15) is 18.0 Å². The fourth-order valence-electron chi connectivity index (χ4n) is 4.66. The number of methoxy groups -OCH3 is 2. The van der Waals surface area contributed by atoms with Gasteiger partial charge < -0.3 is 24.3 Å². The third-order valence-corrected chi connectivity index (χ3v) is 7.39. The van der Waals surface area contributed by atoms with E-state index < -0.39 is 0 Å². The van der Waals surface area contributed by atoms with Gasteiger partial charge in [0.25, 0.3) is 0 Å². The normalized spacial score (nSPS) is 17.9. The quantitative estimate of drug-likeness (QED) is 0.460. The van der Waals surface area contributed by atoms with Crippen molar-refractivity contribution < 1.29 is 19.1 Å². The number of carbonyl (C=O) groups excluding carboxylic acids is 2. The van der Waals surface area contributed by atoms with Crippen molar-refractivity contribution in [2.24, 2.45) is 0 Å². The first-order valence-corrected chi connectivity index (χ1v) is 12.8. The largest absolute Gasteiger partial charge is 0.497 e. The Balaban J connectivity index is 1.50. The van der Waals surface area contributed by atoms with E-state index >= 15 is 0 Å². The van der Waals surface area contributed by atoms with E-state index in [1.165, 1.54) is 11.8 Å². The first-order valence-electron chi connectivity index (χ1n) is 11.8. The molecule has 8 nitrogen and oxygen atoms in total. The number of carbonyl (C=O) groups is 2. The van der Waals surface area contributed by atoms with Crippen molar-refractivity contribution in [3.63, 3.8) is 0 Å². The topological polar surface area (TPSA) is 85.7 Å². The van der Waals surface area contributed by atoms with Crippen LogP contribution in [0.2, 0.25) is 0 Å². The molecule has 2 atom stereocenters. The van der Waals surface area contributed by atoms with E-state index in [4.69, 9.17) is 14.5 Å². The van der Waals surface area contributed by atoms with E-state index in [-0.39, 0.29) is 36.2 Å². The summed E-state index contributed by atoms with van der Waals surface area (Å²) in [7, 11) is 3.12. The summed E-state index contributed by atoms with van der Waals surface area (Å²) in [5.41, 5.74) is 2.26. The predicted molar refractivity (Wildman–Crippen MR) is 138 cm³/mol. The highest BCUT2D eigenvalue weighted by molar-refractivity contribution is 7.99. The molecule has 35 heavy (non-hydrogen) atoms. The number of ether oxygens (including phenoxy) is 2. The number of hydrogen-bond acceptors (Lipinski definition) is 6. The molecule has 0 spiro atoms. The van der Waals surface area contributed by atoms with E-state index in [1.54, 1.807) is 32.4 Å². The van der Waals surface area contributed by atoms with E-state index in [0.717, 1.165) is 30.3 Å². The van der Waals surface area contributed by atoms with Gasteiger partial charge in [-0.2, -0.15) is 0 Å². The van der Waals surface area contributed by atoms with Crippen LogP contribution in [0, 0.1) is 0 Å². The fraction of sp³-hybridized carbons (Fsp3) is 0.423. The molecule has 1 N–H and O–H groups in total. The van der Waals surface area contributed by atoms with Gasteiger partial charge in [-0.25, -0.2) is 4.98 Å². The van der Waals surface area contributed by atoms with Gasteiger partial charge in [0.05, 0.1) is 36.7 Å². The van der Waals surface area contributed by atoms with E-state index in [0.29, 0.717) is 22.3 Å². The van der Waals surface area contributed by atoms with Crippen molar-refractivity contribution in [2.45, 2.75) is 56.9 Å². The Morgan fingerprint density at radius 3 is 2.54 bits per heavy atom. The van der Waals surface area contributed by atoms with E-state index in [9.17, 15) is 9.59 Å². The minimum absolute atomic E-state index is 0.0853. The van der Waals surface area contributed by atoms with E-state index in [2.05, 4.69) is 19.2 Å². The lowest BCUT2D eigenvalue weighted by atomic mass is 9.97. The van der Waals surface area contributed by atoms with Crippen molar-refractivity contribution in [1.29, 1.82) is 0 Å². The van der Waals surface area contributed by atoms with Crippen LogP contribution in [0.15, 0.2) is 47.6 Å². The minimum Gasteiger partial charge on any atom is -0.497 e. The molecule has 1 aliphatic heterocycles. The maximum absolute atomic E-state index is 13.3. The highest BCUT2D eigenvalue weighted by atomic mass is 32.2. The summed E-state index contributed by atoms with van der Waals surface area (Å²) < 4.78 is 12.5. The number of likely N-dealkylation sites (tertiary alicyclic amines) is 1. The monoisotopic (exact) mass is 496 g/mol. The molecule has 1 aromatic heterocycles. The molecule has 2 aromatic carbocycles. The van der Waals surface area contributed by atoms with Gasteiger partial charge in [-0.05, 0) is 57.4 Å². The van der Waals surface area contributed by atoms with Crippen LogP contribution in [0.4, 0.5) is 5.69 Å². The summed E-state index contributed by atoms with van der Waals surface area (Å²) in [5.74, 6) is 1.20. The van der Waals surface area contributed by atoms with Gasteiger partial charge in [-0.3, -0.25) is 9.59 Å². The number of aromatic nitrogens is 2. The maximum atomic E-state index is 13.3. The lowest BCUT2D eigenvalue weighted by Gasteiger charge is -2.39. The molecule has 1 fully saturated rings. The van der Waals surface area contributed by atoms with Crippen LogP contribution in [0.5, 0.6) is 11.5 Å².